The van der Waals surface area contributed by atoms with E-state index >= 15 is 0 Å². The van der Waals surface area contributed by atoms with Crippen molar-refractivity contribution in [2.75, 3.05) is 13.1 Å². The van der Waals surface area contributed by atoms with Crippen molar-refractivity contribution in [3.05, 3.63) is 30.1 Å². The van der Waals surface area contributed by atoms with Crippen LogP contribution in [0.3, 0.4) is 0 Å². The van der Waals surface area contributed by atoms with Gasteiger partial charge in [0.1, 0.15) is 0 Å². The largest absolute Gasteiger partial charge is 0.325 e. The Bertz CT molecular complexity index is 442. The van der Waals surface area contributed by atoms with Gasteiger partial charge in [-0.3, -0.25) is 4.98 Å². The van der Waals surface area contributed by atoms with Crippen LogP contribution in [0.4, 0.5) is 4.79 Å². The Hall–Kier alpha value is -1.58. The first-order chi connectivity index (χ1) is 10.0. The van der Waals surface area contributed by atoms with Crippen molar-refractivity contribution in [1.29, 1.82) is 0 Å². The number of hydrogen-bond donors (Lipinski definition) is 0. The molecule has 2 rings (SSSR count). The number of rotatable bonds is 3. The van der Waals surface area contributed by atoms with Crippen molar-refractivity contribution < 1.29 is 4.79 Å². The first-order valence-electron chi connectivity index (χ1n) is 7.98. The number of amides is 2. The fraction of sp³-hybridized carbons (Fsp3) is 0.647. The smallest absolute Gasteiger partial charge is 0.320 e. The van der Waals surface area contributed by atoms with Crippen LogP contribution in [0.2, 0.25) is 0 Å². The molecule has 0 aliphatic carbocycles. The van der Waals surface area contributed by atoms with E-state index in [2.05, 4.69) is 38.7 Å². The van der Waals surface area contributed by atoms with Gasteiger partial charge in [-0.15, -0.1) is 0 Å². The Balaban J connectivity index is 1.96. The highest BCUT2D eigenvalue weighted by molar-refractivity contribution is 5.75. The van der Waals surface area contributed by atoms with E-state index in [4.69, 9.17) is 0 Å². The van der Waals surface area contributed by atoms with Gasteiger partial charge in [0, 0.05) is 37.6 Å². The minimum Gasteiger partial charge on any atom is -0.325 e. The topological polar surface area (TPSA) is 36.4 Å². The lowest BCUT2D eigenvalue weighted by molar-refractivity contribution is 0.114. The molecule has 1 fully saturated rings. The normalized spacial score (nSPS) is 16.6. The van der Waals surface area contributed by atoms with Gasteiger partial charge in [-0.05, 0) is 58.1 Å². The maximum Gasteiger partial charge on any atom is 0.320 e. The molecule has 0 unspecified atom stereocenters. The molecule has 0 spiro atoms. The molecule has 4 heteroatoms. The Morgan fingerprint density at radius 2 is 1.86 bits per heavy atom. The minimum absolute atomic E-state index is 0.185. The van der Waals surface area contributed by atoms with E-state index < -0.39 is 0 Å². The van der Waals surface area contributed by atoms with Gasteiger partial charge in [0.05, 0.1) is 0 Å². The van der Waals surface area contributed by atoms with Crippen molar-refractivity contribution in [3.63, 3.8) is 0 Å². The molecule has 0 saturated carbocycles. The summed E-state index contributed by atoms with van der Waals surface area (Å²) < 4.78 is 0. The molecule has 0 bridgehead atoms. The lowest BCUT2D eigenvalue weighted by Gasteiger charge is -2.39. The summed E-state index contributed by atoms with van der Waals surface area (Å²) in [7, 11) is 0. The molecule has 21 heavy (non-hydrogen) atoms. The molecular weight excluding hydrogens is 262 g/mol. The molecule has 2 heterocycles. The average Bonchev–Trinajstić information content (AvgIpc) is 2.47. The molecule has 0 radical (unpaired) electrons. The lowest BCUT2D eigenvalue weighted by atomic mass is 9.90. The fourth-order valence-corrected chi connectivity index (χ4v) is 3.22. The van der Waals surface area contributed by atoms with Gasteiger partial charge in [-0.25, -0.2) is 4.79 Å². The van der Waals surface area contributed by atoms with Gasteiger partial charge < -0.3 is 9.80 Å². The number of piperidine rings is 1. The van der Waals surface area contributed by atoms with E-state index in [9.17, 15) is 4.79 Å². The molecule has 1 saturated heterocycles. The predicted molar refractivity (Wildman–Crippen MR) is 85.3 cm³/mol. The predicted octanol–water partition coefficient (Wildman–Crippen LogP) is 3.50. The molecule has 0 atom stereocenters. The summed E-state index contributed by atoms with van der Waals surface area (Å²) in [6.45, 7) is 10.0. The average molecular weight is 289 g/mol. The second-order valence-electron chi connectivity index (χ2n) is 6.43. The quantitative estimate of drug-likeness (QED) is 0.854. The van der Waals surface area contributed by atoms with Crippen LogP contribution >= 0.6 is 0 Å². The van der Waals surface area contributed by atoms with Crippen LogP contribution in [0.25, 0.3) is 0 Å². The van der Waals surface area contributed by atoms with Gasteiger partial charge in [0.25, 0.3) is 0 Å². The summed E-state index contributed by atoms with van der Waals surface area (Å²) in [6, 6.07) is 4.81. The third kappa shape index (κ3) is 3.74. The molecule has 2 amide bonds. The monoisotopic (exact) mass is 289 g/mol. The molecular formula is C17H27N3O. The van der Waals surface area contributed by atoms with E-state index in [1.807, 2.05) is 28.3 Å². The Kier molecular flexibility index (Phi) is 5.21. The molecule has 1 aromatic rings. The Labute approximate surface area is 128 Å². The zero-order valence-corrected chi connectivity index (χ0v) is 13.6. The fourth-order valence-electron chi connectivity index (χ4n) is 3.22. The zero-order chi connectivity index (χ0) is 15.4. The first kappa shape index (κ1) is 15.8. The van der Waals surface area contributed by atoms with Gasteiger partial charge in [-0.1, -0.05) is 6.07 Å². The minimum atomic E-state index is 0.185. The van der Waals surface area contributed by atoms with Crippen LogP contribution in [0.5, 0.6) is 0 Å². The van der Waals surface area contributed by atoms with Crippen molar-refractivity contribution in [3.8, 4) is 0 Å². The van der Waals surface area contributed by atoms with Crippen molar-refractivity contribution >= 4 is 6.03 Å². The van der Waals surface area contributed by atoms with E-state index in [1.54, 1.807) is 0 Å². The van der Waals surface area contributed by atoms with Crippen LogP contribution < -0.4 is 0 Å². The standard InChI is InChI=1S/C17H27N3O/c1-13(2)20(14(3)4)17(21)19-10-7-15(8-11-19)16-6-5-9-18-12-16/h5-6,9,12-15H,7-8,10-11H2,1-4H3. The van der Waals surface area contributed by atoms with Crippen LogP contribution in [0.15, 0.2) is 24.5 Å². The number of urea groups is 1. The third-order valence-electron chi connectivity index (χ3n) is 4.25. The highest BCUT2D eigenvalue weighted by Gasteiger charge is 2.29. The zero-order valence-electron chi connectivity index (χ0n) is 13.6. The number of hydrogen-bond acceptors (Lipinski definition) is 2. The number of carbonyl (C=O) groups is 1. The van der Waals surface area contributed by atoms with Gasteiger partial charge in [0.15, 0.2) is 0 Å². The maximum absolute atomic E-state index is 12.7. The number of carbonyl (C=O) groups excluding carboxylic acids is 1. The van der Waals surface area contributed by atoms with Crippen LogP contribution in [0, 0.1) is 0 Å². The van der Waals surface area contributed by atoms with E-state index in [0.29, 0.717) is 5.92 Å². The Morgan fingerprint density at radius 3 is 2.33 bits per heavy atom. The lowest BCUT2D eigenvalue weighted by Crippen LogP contribution is -2.51. The molecule has 1 aliphatic rings. The summed E-state index contributed by atoms with van der Waals surface area (Å²) in [5.41, 5.74) is 1.30. The summed E-state index contributed by atoms with van der Waals surface area (Å²) in [5, 5.41) is 0. The summed E-state index contributed by atoms with van der Waals surface area (Å²) >= 11 is 0. The number of aromatic nitrogens is 1. The van der Waals surface area contributed by atoms with Gasteiger partial charge in [-0.2, -0.15) is 0 Å². The molecule has 4 nitrogen and oxygen atoms in total. The van der Waals surface area contributed by atoms with Gasteiger partial charge >= 0.3 is 6.03 Å². The van der Waals surface area contributed by atoms with E-state index in [-0.39, 0.29) is 18.1 Å². The molecule has 1 aromatic heterocycles. The Morgan fingerprint density at radius 1 is 1.24 bits per heavy atom. The molecule has 116 valence electrons. The van der Waals surface area contributed by atoms with Crippen molar-refractivity contribution in [1.82, 2.24) is 14.8 Å². The van der Waals surface area contributed by atoms with Crippen LogP contribution in [-0.4, -0.2) is 46.0 Å². The summed E-state index contributed by atoms with van der Waals surface area (Å²) in [5.74, 6) is 0.536. The molecule has 1 aliphatic heterocycles. The number of pyridine rings is 1. The number of nitrogens with zero attached hydrogens (tertiary/aromatic N) is 3. The van der Waals surface area contributed by atoms with E-state index in [0.717, 1.165) is 25.9 Å². The third-order valence-corrected chi connectivity index (χ3v) is 4.25. The SMILES string of the molecule is CC(C)N(C(=O)N1CCC(c2cccnc2)CC1)C(C)C. The van der Waals surface area contributed by atoms with Crippen molar-refractivity contribution in [2.24, 2.45) is 0 Å². The summed E-state index contributed by atoms with van der Waals surface area (Å²) in [4.78, 5) is 20.8. The first-order valence-corrected chi connectivity index (χ1v) is 7.98. The van der Waals surface area contributed by atoms with Gasteiger partial charge in [0.2, 0.25) is 0 Å². The van der Waals surface area contributed by atoms with Crippen LogP contribution in [-0.2, 0) is 0 Å². The van der Waals surface area contributed by atoms with Crippen molar-refractivity contribution in [2.45, 2.75) is 58.5 Å². The molecule has 0 aromatic carbocycles. The molecule has 0 N–H and O–H groups in total. The number of likely N-dealkylation sites (tertiary alicyclic amines) is 1. The highest BCUT2D eigenvalue weighted by atomic mass is 16.2. The highest BCUT2D eigenvalue weighted by Crippen LogP contribution is 2.28. The van der Waals surface area contributed by atoms with Crippen LogP contribution in [0.1, 0.15) is 52.0 Å². The van der Waals surface area contributed by atoms with E-state index in [1.165, 1.54) is 5.56 Å². The summed E-state index contributed by atoms with van der Waals surface area (Å²) in [6.07, 6.45) is 5.82. The second-order valence-corrected chi connectivity index (χ2v) is 6.43. The maximum atomic E-state index is 12.7. The second kappa shape index (κ2) is 6.92.